The van der Waals surface area contributed by atoms with Crippen LogP contribution in [0.1, 0.15) is 11.1 Å². The highest BCUT2D eigenvalue weighted by Crippen LogP contribution is 2.07. The molecule has 2 N–H and O–H groups in total. The van der Waals surface area contributed by atoms with Crippen molar-refractivity contribution in [2.45, 2.75) is 13.2 Å². The predicted molar refractivity (Wildman–Crippen MR) is 73.8 cm³/mol. The van der Waals surface area contributed by atoms with E-state index in [9.17, 15) is 4.79 Å². The largest absolute Gasteiger partial charge is 0.480 e. The van der Waals surface area contributed by atoms with Gasteiger partial charge in [-0.15, -0.1) is 0 Å². The monoisotopic (exact) mass is 266 g/mol. The molecule has 0 aromatic heterocycles. The third-order valence-corrected chi connectivity index (χ3v) is 2.83. The minimum absolute atomic E-state index is 0.0275. The maximum atomic E-state index is 10.9. The highest BCUT2D eigenvalue weighted by atomic mass is 16.4. The summed E-state index contributed by atoms with van der Waals surface area (Å²) in [5, 5.41) is 17.9. The molecular weight excluding hydrogens is 244 g/mol. The number of aliphatic carboxylic acids is 1. The Morgan fingerprint density at radius 1 is 1.11 bits per heavy atom. The minimum Gasteiger partial charge on any atom is -0.480 e. The molecule has 1 aromatic rings. The Morgan fingerprint density at radius 2 is 1.68 bits per heavy atom. The number of carboxylic acid groups (broad SMARTS) is 1. The topological polar surface area (TPSA) is 64.0 Å². The van der Waals surface area contributed by atoms with Crippen LogP contribution in [0.4, 0.5) is 0 Å². The number of likely N-dealkylation sites (N-methyl/N-ethyl adjacent to an activating group) is 1. The van der Waals surface area contributed by atoms with Crippen LogP contribution in [0.3, 0.4) is 0 Å². The first-order valence-corrected chi connectivity index (χ1v) is 6.29. The van der Waals surface area contributed by atoms with Gasteiger partial charge in [-0.2, -0.15) is 0 Å². The molecule has 106 valence electrons. The second kappa shape index (κ2) is 7.89. The molecule has 5 nitrogen and oxygen atoms in total. The fraction of sp³-hybridized carbons (Fsp3) is 0.500. The fourth-order valence-corrected chi connectivity index (χ4v) is 1.76. The molecule has 0 saturated carbocycles. The lowest BCUT2D eigenvalue weighted by atomic mass is 10.1. The summed E-state index contributed by atoms with van der Waals surface area (Å²) >= 11 is 0. The number of carboxylic acids is 1. The van der Waals surface area contributed by atoms with Gasteiger partial charge in [-0.1, -0.05) is 24.3 Å². The zero-order valence-electron chi connectivity index (χ0n) is 11.5. The summed E-state index contributed by atoms with van der Waals surface area (Å²) < 4.78 is 0. The van der Waals surface area contributed by atoms with Crippen molar-refractivity contribution < 1.29 is 15.0 Å². The van der Waals surface area contributed by atoms with Gasteiger partial charge in [-0.25, -0.2) is 0 Å². The highest BCUT2D eigenvalue weighted by molar-refractivity contribution is 5.69. The van der Waals surface area contributed by atoms with Crippen molar-refractivity contribution in [2.75, 3.05) is 33.7 Å². The average Bonchev–Trinajstić information content (AvgIpc) is 2.36. The number of aliphatic hydroxyl groups excluding tert-OH is 1. The summed E-state index contributed by atoms with van der Waals surface area (Å²) in [6, 6.07) is 7.58. The maximum absolute atomic E-state index is 10.9. The summed E-state index contributed by atoms with van der Waals surface area (Å²) in [6.07, 6.45) is 0. The predicted octanol–water partition coefficient (Wildman–Crippen LogP) is 0.627. The Kier molecular flexibility index (Phi) is 6.49. The Balaban J connectivity index is 2.61. The van der Waals surface area contributed by atoms with Crippen molar-refractivity contribution in [1.82, 2.24) is 9.80 Å². The van der Waals surface area contributed by atoms with Gasteiger partial charge in [-0.3, -0.25) is 9.69 Å². The molecule has 0 amide bonds. The van der Waals surface area contributed by atoms with E-state index in [0.29, 0.717) is 13.1 Å². The summed E-state index contributed by atoms with van der Waals surface area (Å²) in [6.45, 7) is 2.20. The number of aliphatic hydroxyl groups is 1. The zero-order valence-corrected chi connectivity index (χ0v) is 11.5. The van der Waals surface area contributed by atoms with E-state index in [0.717, 1.165) is 17.7 Å². The van der Waals surface area contributed by atoms with Gasteiger partial charge < -0.3 is 15.1 Å². The van der Waals surface area contributed by atoms with E-state index in [2.05, 4.69) is 0 Å². The Hall–Kier alpha value is -1.43. The molecule has 0 unspecified atom stereocenters. The Labute approximate surface area is 114 Å². The summed E-state index contributed by atoms with van der Waals surface area (Å²) in [4.78, 5) is 14.8. The van der Waals surface area contributed by atoms with Crippen LogP contribution in [-0.2, 0) is 17.9 Å². The number of rotatable bonds is 8. The second-order valence-electron chi connectivity index (χ2n) is 4.88. The van der Waals surface area contributed by atoms with Crippen molar-refractivity contribution in [1.29, 1.82) is 0 Å². The van der Waals surface area contributed by atoms with E-state index in [4.69, 9.17) is 10.2 Å². The summed E-state index contributed by atoms with van der Waals surface area (Å²) in [5.41, 5.74) is 1.92. The van der Waals surface area contributed by atoms with Gasteiger partial charge in [0.2, 0.25) is 0 Å². The number of hydrogen-bond donors (Lipinski definition) is 2. The molecular formula is C14H22N2O3. The molecule has 0 saturated heterocycles. The van der Waals surface area contributed by atoms with E-state index in [-0.39, 0.29) is 13.2 Å². The van der Waals surface area contributed by atoms with Crippen molar-refractivity contribution >= 4 is 5.97 Å². The fourth-order valence-electron chi connectivity index (χ4n) is 1.76. The third-order valence-electron chi connectivity index (χ3n) is 2.83. The van der Waals surface area contributed by atoms with Crippen LogP contribution in [0.5, 0.6) is 0 Å². The SMILES string of the molecule is CN(C)CCN(CC(=O)O)Cc1ccc(CO)cc1. The van der Waals surface area contributed by atoms with E-state index in [1.165, 1.54) is 0 Å². The van der Waals surface area contributed by atoms with Crippen molar-refractivity contribution in [3.8, 4) is 0 Å². The quantitative estimate of drug-likeness (QED) is 0.722. The van der Waals surface area contributed by atoms with Gasteiger partial charge in [0.05, 0.1) is 13.2 Å². The molecule has 0 atom stereocenters. The van der Waals surface area contributed by atoms with Crippen LogP contribution >= 0.6 is 0 Å². The first-order valence-electron chi connectivity index (χ1n) is 6.29. The maximum Gasteiger partial charge on any atom is 0.317 e. The Morgan fingerprint density at radius 3 is 2.16 bits per heavy atom. The Bertz CT molecular complexity index is 390. The second-order valence-corrected chi connectivity index (χ2v) is 4.88. The molecule has 5 heteroatoms. The van der Waals surface area contributed by atoms with Crippen molar-refractivity contribution in [3.05, 3.63) is 35.4 Å². The molecule has 19 heavy (non-hydrogen) atoms. The van der Waals surface area contributed by atoms with Crippen molar-refractivity contribution in [2.24, 2.45) is 0 Å². The molecule has 1 rings (SSSR count). The van der Waals surface area contributed by atoms with Gasteiger partial charge in [0.25, 0.3) is 0 Å². The van der Waals surface area contributed by atoms with Crippen LogP contribution in [0.15, 0.2) is 24.3 Å². The first-order chi connectivity index (χ1) is 9.01. The lowest BCUT2D eigenvalue weighted by Gasteiger charge is -2.22. The molecule has 0 fully saturated rings. The van der Waals surface area contributed by atoms with E-state index >= 15 is 0 Å². The van der Waals surface area contributed by atoms with Crippen LogP contribution in [0.2, 0.25) is 0 Å². The van der Waals surface area contributed by atoms with Crippen LogP contribution in [-0.4, -0.2) is 59.7 Å². The molecule has 0 aliphatic rings. The lowest BCUT2D eigenvalue weighted by Crippen LogP contribution is -2.35. The molecule has 0 spiro atoms. The van der Waals surface area contributed by atoms with Gasteiger partial charge >= 0.3 is 5.97 Å². The molecule has 0 aliphatic carbocycles. The van der Waals surface area contributed by atoms with Crippen LogP contribution in [0.25, 0.3) is 0 Å². The number of benzene rings is 1. The van der Waals surface area contributed by atoms with Gasteiger partial charge in [0.15, 0.2) is 0 Å². The van der Waals surface area contributed by atoms with E-state index in [1.807, 2.05) is 48.2 Å². The minimum atomic E-state index is -0.814. The standard InChI is InChI=1S/C14H22N2O3/c1-15(2)7-8-16(10-14(18)19)9-12-3-5-13(11-17)6-4-12/h3-6,17H,7-11H2,1-2H3,(H,18,19). The number of hydrogen-bond acceptors (Lipinski definition) is 4. The number of nitrogens with zero attached hydrogens (tertiary/aromatic N) is 2. The zero-order chi connectivity index (χ0) is 14.3. The molecule has 0 aliphatic heterocycles. The van der Waals surface area contributed by atoms with Gasteiger partial charge in [0.1, 0.15) is 0 Å². The van der Waals surface area contributed by atoms with Gasteiger partial charge in [-0.05, 0) is 25.2 Å². The lowest BCUT2D eigenvalue weighted by molar-refractivity contribution is -0.138. The van der Waals surface area contributed by atoms with E-state index in [1.54, 1.807) is 0 Å². The molecule has 1 aromatic carbocycles. The normalized spacial score (nSPS) is 11.2. The van der Waals surface area contributed by atoms with Gasteiger partial charge in [0, 0.05) is 19.6 Å². The first kappa shape index (κ1) is 15.6. The number of carbonyl (C=O) groups is 1. The molecule has 0 bridgehead atoms. The summed E-state index contributed by atoms with van der Waals surface area (Å²) in [7, 11) is 3.93. The smallest absolute Gasteiger partial charge is 0.317 e. The van der Waals surface area contributed by atoms with Crippen LogP contribution in [0, 0.1) is 0 Å². The van der Waals surface area contributed by atoms with Crippen LogP contribution < -0.4 is 0 Å². The average molecular weight is 266 g/mol. The third kappa shape index (κ3) is 6.33. The summed E-state index contributed by atoms with van der Waals surface area (Å²) in [5.74, 6) is -0.814. The molecule has 0 heterocycles. The van der Waals surface area contributed by atoms with E-state index < -0.39 is 5.97 Å². The highest BCUT2D eigenvalue weighted by Gasteiger charge is 2.10. The van der Waals surface area contributed by atoms with Crippen molar-refractivity contribution in [3.63, 3.8) is 0 Å². The molecule has 0 radical (unpaired) electrons.